The molecule has 0 amide bonds. The van der Waals surface area contributed by atoms with E-state index in [1.54, 1.807) is 0 Å². The molecule has 4 heteroatoms. The van der Waals surface area contributed by atoms with Crippen molar-refractivity contribution < 1.29 is 14.4 Å². The molecule has 0 radical (unpaired) electrons. The first-order valence-electron chi connectivity index (χ1n) is 5.85. The third-order valence-corrected chi connectivity index (χ3v) is 3.30. The molecule has 1 aromatic rings. The van der Waals surface area contributed by atoms with Crippen LogP contribution in [0.2, 0.25) is 0 Å². The van der Waals surface area contributed by atoms with E-state index in [9.17, 15) is 5.11 Å². The Hall–Kier alpha value is -0.835. The minimum Gasteiger partial charge on any atom is -0.404 e. The molecule has 2 bridgehead atoms. The first kappa shape index (κ1) is 10.3. The highest BCUT2D eigenvalue weighted by atomic mass is 16.6. The number of aliphatic hydroxyl groups excluding tert-OH is 1. The largest absolute Gasteiger partial charge is 0.494 e. The van der Waals surface area contributed by atoms with E-state index in [0.717, 1.165) is 24.7 Å². The lowest BCUT2D eigenvalue weighted by Crippen LogP contribution is -2.52. The van der Waals surface area contributed by atoms with Gasteiger partial charge in [0.1, 0.15) is 0 Å². The van der Waals surface area contributed by atoms with Crippen LogP contribution in [0.1, 0.15) is 19.3 Å². The quantitative estimate of drug-likeness (QED) is 0.705. The van der Waals surface area contributed by atoms with Crippen molar-refractivity contribution in [1.82, 2.24) is 0 Å². The van der Waals surface area contributed by atoms with Crippen molar-refractivity contribution in [1.29, 1.82) is 0 Å². The maximum absolute atomic E-state index is 9.61. The average Bonchev–Trinajstić information content (AvgIpc) is 2.28. The van der Waals surface area contributed by atoms with Crippen LogP contribution in [0.4, 0.5) is 0 Å². The highest BCUT2D eigenvalue weighted by Gasteiger charge is 2.40. The smallest absolute Gasteiger partial charge is 0.404 e. The van der Waals surface area contributed by atoms with Gasteiger partial charge >= 0.3 is 7.12 Å². The predicted octanol–water partition coefficient (Wildman–Crippen LogP) is 0.711. The van der Waals surface area contributed by atoms with Crippen LogP contribution in [0.25, 0.3) is 0 Å². The predicted molar refractivity (Wildman–Crippen MR) is 61.4 cm³/mol. The molecule has 1 N–H and O–H groups in total. The summed E-state index contributed by atoms with van der Waals surface area (Å²) >= 11 is 0. The molecule has 1 aliphatic carbocycles. The number of hydrogen-bond acceptors (Lipinski definition) is 3. The van der Waals surface area contributed by atoms with Crippen LogP contribution in [-0.4, -0.2) is 30.5 Å². The fourth-order valence-electron chi connectivity index (χ4n) is 2.56. The van der Waals surface area contributed by atoms with Gasteiger partial charge in [0, 0.05) is 12.2 Å². The fraction of sp³-hybridized carbons (Fsp3) is 0.500. The Morgan fingerprint density at radius 3 is 2.25 bits per heavy atom. The van der Waals surface area contributed by atoms with Gasteiger partial charge in [-0.25, -0.2) is 0 Å². The molecular weight excluding hydrogens is 203 g/mol. The molecule has 16 heavy (non-hydrogen) atoms. The Morgan fingerprint density at radius 2 is 1.62 bits per heavy atom. The Labute approximate surface area is 95.5 Å². The third-order valence-electron chi connectivity index (χ3n) is 3.30. The second kappa shape index (κ2) is 4.20. The van der Waals surface area contributed by atoms with Gasteiger partial charge in [-0.15, -0.1) is 0 Å². The van der Waals surface area contributed by atoms with E-state index in [-0.39, 0.29) is 25.4 Å². The van der Waals surface area contributed by atoms with Crippen molar-refractivity contribution in [2.24, 2.45) is 0 Å². The van der Waals surface area contributed by atoms with Crippen molar-refractivity contribution >= 4 is 12.6 Å². The number of benzene rings is 1. The molecule has 84 valence electrons. The lowest BCUT2D eigenvalue weighted by Gasteiger charge is -2.40. The lowest BCUT2D eigenvalue weighted by atomic mass is 9.74. The monoisotopic (exact) mass is 218 g/mol. The summed E-state index contributed by atoms with van der Waals surface area (Å²) in [6.45, 7) is 0. The third kappa shape index (κ3) is 2.01. The van der Waals surface area contributed by atoms with Gasteiger partial charge in [0.2, 0.25) is 0 Å². The lowest BCUT2D eigenvalue weighted by molar-refractivity contribution is -0.0585. The van der Waals surface area contributed by atoms with E-state index in [0.29, 0.717) is 0 Å². The van der Waals surface area contributed by atoms with Crippen LogP contribution in [-0.2, 0) is 9.31 Å². The van der Waals surface area contributed by atoms with E-state index < -0.39 is 0 Å². The van der Waals surface area contributed by atoms with E-state index in [1.165, 1.54) is 0 Å². The van der Waals surface area contributed by atoms with Crippen LogP contribution in [0.5, 0.6) is 0 Å². The first-order chi connectivity index (χ1) is 7.81. The zero-order valence-corrected chi connectivity index (χ0v) is 9.08. The molecule has 1 aromatic carbocycles. The van der Waals surface area contributed by atoms with E-state index in [4.69, 9.17) is 9.31 Å². The Morgan fingerprint density at radius 1 is 1.00 bits per heavy atom. The van der Waals surface area contributed by atoms with Crippen molar-refractivity contribution in [3.8, 4) is 0 Å². The molecule has 0 aromatic heterocycles. The number of hydrogen-bond donors (Lipinski definition) is 1. The highest BCUT2D eigenvalue weighted by molar-refractivity contribution is 6.61. The van der Waals surface area contributed by atoms with Crippen molar-refractivity contribution in [2.45, 2.75) is 37.6 Å². The van der Waals surface area contributed by atoms with Crippen molar-refractivity contribution in [3.05, 3.63) is 30.3 Å². The van der Waals surface area contributed by atoms with Crippen molar-refractivity contribution in [2.75, 3.05) is 0 Å². The van der Waals surface area contributed by atoms with Crippen LogP contribution < -0.4 is 5.46 Å². The SMILES string of the molecule is OC1C[C@@H]2C[C@H](C1)OB(c1ccccc1)O2. The van der Waals surface area contributed by atoms with Gasteiger partial charge in [0.05, 0.1) is 6.10 Å². The number of fused-ring (bicyclic) bond motifs is 2. The average molecular weight is 218 g/mol. The summed E-state index contributed by atoms with van der Waals surface area (Å²) in [5.74, 6) is 0. The van der Waals surface area contributed by atoms with Gasteiger partial charge in [-0.3, -0.25) is 0 Å². The summed E-state index contributed by atoms with van der Waals surface area (Å²) in [4.78, 5) is 0. The normalized spacial score (nSPS) is 33.8. The van der Waals surface area contributed by atoms with Gasteiger partial charge in [-0.05, 0) is 24.7 Å². The zero-order chi connectivity index (χ0) is 11.0. The van der Waals surface area contributed by atoms with Gasteiger partial charge in [-0.1, -0.05) is 30.3 Å². The maximum atomic E-state index is 9.61. The molecule has 3 rings (SSSR count). The molecule has 1 aliphatic heterocycles. The Bertz CT molecular complexity index is 339. The minimum atomic E-state index is -0.263. The Balaban J connectivity index is 1.76. The molecule has 1 unspecified atom stereocenters. The van der Waals surface area contributed by atoms with Crippen molar-refractivity contribution in [3.63, 3.8) is 0 Å². The van der Waals surface area contributed by atoms with E-state index >= 15 is 0 Å². The summed E-state index contributed by atoms with van der Waals surface area (Å²) in [5.41, 5.74) is 1.06. The summed E-state index contributed by atoms with van der Waals surface area (Å²) in [7, 11) is -0.252. The first-order valence-corrected chi connectivity index (χ1v) is 5.85. The minimum absolute atomic E-state index is 0.146. The number of rotatable bonds is 1. The van der Waals surface area contributed by atoms with Crippen LogP contribution >= 0.6 is 0 Å². The standard InChI is InChI=1S/C12H15BO3/c14-10-6-11-8-12(7-10)16-13(15-11)9-4-2-1-3-5-9/h1-5,10-12,14H,6-8H2/t10?,11-,12+. The van der Waals surface area contributed by atoms with Crippen LogP contribution in [0.3, 0.4) is 0 Å². The molecule has 1 saturated carbocycles. The summed E-state index contributed by atoms with van der Waals surface area (Å²) < 4.78 is 11.7. The summed E-state index contributed by atoms with van der Waals surface area (Å²) in [5, 5.41) is 9.61. The van der Waals surface area contributed by atoms with E-state index in [2.05, 4.69) is 0 Å². The Kier molecular flexibility index (Phi) is 2.71. The van der Waals surface area contributed by atoms with Gasteiger partial charge in [0.15, 0.2) is 0 Å². The molecule has 2 fully saturated rings. The molecule has 1 saturated heterocycles. The van der Waals surface area contributed by atoms with Crippen LogP contribution in [0, 0.1) is 0 Å². The molecule has 1 heterocycles. The topological polar surface area (TPSA) is 38.7 Å². The fourth-order valence-corrected chi connectivity index (χ4v) is 2.56. The van der Waals surface area contributed by atoms with Crippen LogP contribution in [0.15, 0.2) is 30.3 Å². The van der Waals surface area contributed by atoms with Gasteiger partial charge in [0.25, 0.3) is 0 Å². The number of aliphatic hydroxyl groups is 1. The molecule has 3 atom stereocenters. The van der Waals surface area contributed by atoms with Gasteiger partial charge in [-0.2, -0.15) is 0 Å². The summed E-state index contributed by atoms with van der Waals surface area (Å²) in [6.07, 6.45) is 2.42. The highest BCUT2D eigenvalue weighted by Crippen LogP contribution is 2.29. The second-order valence-corrected chi connectivity index (χ2v) is 4.62. The zero-order valence-electron chi connectivity index (χ0n) is 9.08. The molecular formula is C12H15BO3. The van der Waals surface area contributed by atoms with Gasteiger partial charge < -0.3 is 14.4 Å². The summed E-state index contributed by atoms with van der Waals surface area (Å²) in [6, 6.07) is 9.99. The second-order valence-electron chi connectivity index (χ2n) is 4.62. The molecule has 3 nitrogen and oxygen atoms in total. The molecule has 2 aliphatic rings. The maximum Gasteiger partial charge on any atom is 0.494 e. The van der Waals surface area contributed by atoms with E-state index in [1.807, 2.05) is 30.3 Å². The molecule has 0 spiro atoms.